The van der Waals surface area contributed by atoms with Crippen LogP contribution in [0.1, 0.15) is 25.3 Å². The zero-order valence-corrected chi connectivity index (χ0v) is 9.40. The first kappa shape index (κ1) is 12.3. The summed E-state index contributed by atoms with van der Waals surface area (Å²) in [6.45, 7) is 2.59. The summed E-state index contributed by atoms with van der Waals surface area (Å²) in [5.41, 5.74) is 7.70. The largest absolute Gasteiger partial charge is 0.397 e. The molecule has 0 aliphatic rings. The summed E-state index contributed by atoms with van der Waals surface area (Å²) in [6.07, 6.45) is 1.13. The predicted molar refractivity (Wildman–Crippen MR) is 65.0 cm³/mol. The van der Waals surface area contributed by atoms with Gasteiger partial charge in [-0.2, -0.15) is 5.26 Å². The molecule has 0 radical (unpaired) electrons. The molecule has 4 nitrogen and oxygen atoms in total. The molecule has 0 heterocycles. The predicted octanol–water partition coefficient (Wildman–Crippen LogP) is 1.71. The lowest BCUT2D eigenvalue weighted by atomic mass is 10.1. The highest BCUT2D eigenvalue weighted by molar-refractivity contribution is 5.68. The molecule has 86 valence electrons. The zero-order chi connectivity index (χ0) is 12.0. The molecule has 1 atom stereocenters. The molecule has 0 bridgehead atoms. The Morgan fingerprint density at radius 3 is 2.94 bits per heavy atom. The molecule has 0 amide bonds. The Kier molecular flexibility index (Phi) is 4.62. The fourth-order valence-corrected chi connectivity index (χ4v) is 1.36. The fourth-order valence-electron chi connectivity index (χ4n) is 1.36. The van der Waals surface area contributed by atoms with Crippen LogP contribution in [-0.2, 0) is 0 Å². The highest BCUT2D eigenvalue weighted by Crippen LogP contribution is 2.19. The van der Waals surface area contributed by atoms with Gasteiger partial charge >= 0.3 is 0 Å². The molecule has 0 spiro atoms. The van der Waals surface area contributed by atoms with Crippen LogP contribution in [-0.4, -0.2) is 17.8 Å². The van der Waals surface area contributed by atoms with Crippen LogP contribution in [0.3, 0.4) is 0 Å². The van der Waals surface area contributed by atoms with Gasteiger partial charge in [0.15, 0.2) is 0 Å². The number of nitrogens with zero attached hydrogens (tertiary/aromatic N) is 1. The Bertz CT molecular complexity index is 384. The van der Waals surface area contributed by atoms with Gasteiger partial charge in [0.1, 0.15) is 0 Å². The number of rotatable bonds is 5. The summed E-state index contributed by atoms with van der Waals surface area (Å²) in [5, 5.41) is 21.2. The van der Waals surface area contributed by atoms with Crippen molar-refractivity contribution in [3.05, 3.63) is 23.8 Å². The summed E-state index contributed by atoms with van der Waals surface area (Å²) in [4.78, 5) is 0. The maximum absolute atomic E-state index is 9.38. The van der Waals surface area contributed by atoms with Gasteiger partial charge in [0.25, 0.3) is 0 Å². The molecule has 1 unspecified atom stereocenters. The van der Waals surface area contributed by atoms with Gasteiger partial charge in [-0.1, -0.05) is 6.92 Å². The fraction of sp³-hybridized carbons (Fsp3) is 0.417. The van der Waals surface area contributed by atoms with Crippen LogP contribution in [0, 0.1) is 11.3 Å². The van der Waals surface area contributed by atoms with Crippen molar-refractivity contribution in [2.24, 2.45) is 0 Å². The van der Waals surface area contributed by atoms with E-state index in [9.17, 15) is 5.11 Å². The van der Waals surface area contributed by atoms with Crippen molar-refractivity contribution in [2.45, 2.75) is 25.9 Å². The molecule has 0 aliphatic carbocycles. The number of anilines is 2. The van der Waals surface area contributed by atoms with Crippen molar-refractivity contribution in [1.82, 2.24) is 0 Å². The van der Waals surface area contributed by atoms with E-state index in [1.165, 1.54) is 0 Å². The molecular formula is C12H17N3O. The number of hydrogen-bond donors (Lipinski definition) is 3. The number of nitrogens with one attached hydrogen (secondary N) is 1. The minimum atomic E-state index is -0.284. The highest BCUT2D eigenvalue weighted by Gasteiger charge is 2.03. The summed E-state index contributed by atoms with van der Waals surface area (Å²) in [6, 6.07) is 7.16. The standard InChI is InChI=1S/C12H17N3O/c1-2-10(16)5-6-15-12-7-9(8-13)3-4-11(12)14/h3-4,7,10,15-16H,2,5-6,14H2,1H3. The Morgan fingerprint density at radius 1 is 1.56 bits per heavy atom. The van der Waals surface area contributed by atoms with E-state index in [-0.39, 0.29) is 6.10 Å². The van der Waals surface area contributed by atoms with E-state index in [4.69, 9.17) is 11.0 Å². The van der Waals surface area contributed by atoms with Crippen LogP contribution in [0.5, 0.6) is 0 Å². The Morgan fingerprint density at radius 2 is 2.31 bits per heavy atom. The number of nitrogens with two attached hydrogens (primary N) is 1. The number of nitriles is 1. The van der Waals surface area contributed by atoms with Gasteiger partial charge in [0.2, 0.25) is 0 Å². The van der Waals surface area contributed by atoms with Crippen molar-refractivity contribution in [2.75, 3.05) is 17.6 Å². The maximum Gasteiger partial charge on any atom is 0.0992 e. The topological polar surface area (TPSA) is 82.1 Å². The average molecular weight is 219 g/mol. The van der Waals surface area contributed by atoms with Crippen molar-refractivity contribution in [1.29, 1.82) is 5.26 Å². The molecule has 0 saturated heterocycles. The summed E-state index contributed by atoms with van der Waals surface area (Å²) < 4.78 is 0. The van der Waals surface area contributed by atoms with Crippen molar-refractivity contribution < 1.29 is 5.11 Å². The summed E-state index contributed by atoms with van der Waals surface area (Å²) in [7, 11) is 0. The van der Waals surface area contributed by atoms with Gasteiger partial charge in [-0.3, -0.25) is 0 Å². The van der Waals surface area contributed by atoms with Gasteiger partial charge < -0.3 is 16.2 Å². The van der Waals surface area contributed by atoms with E-state index in [0.29, 0.717) is 24.2 Å². The van der Waals surface area contributed by atoms with E-state index >= 15 is 0 Å². The van der Waals surface area contributed by atoms with Crippen molar-refractivity contribution >= 4 is 11.4 Å². The summed E-state index contributed by atoms with van der Waals surface area (Å²) >= 11 is 0. The number of nitrogen functional groups attached to an aromatic ring is 1. The van der Waals surface area contributed by atoms with E-state index in [1.54, 1.807) is 18.2 Å². The minimum absolute atomic E-state index is 0.284. The molecule has 0 saturated carbocycles. The van der Waals surface area contributed by atoms with E-state index < -0.39 is 0 Å². The van der Waals surface area contributed by atoms with Crippen molar-refractivity contribution in [3.8, 4) is 6.07 Å². The molecule has 0 aromatic heterocycles. The van der Waals surface area contributed by atoms with Gasteiger partial charge in [-0.15, -0.1) is 0 Å². The molecule has 1 aromatic rings. The number of benzene rings is 1. The molecule has 4 N–H and O–H groups in total. The van der Waals surface area contributed by atoms with Crippen LogP contribution in [0.25, 0.3) is 0 Å². The van der Waals surface area contributed by atoms with Gasteiger partial charge in [0, 0.05) is 6.54 Å². The average Bonchev–Trinajstić information content (AvgIpc) is 2.31. The molecule has 0 aliphatic heterocycles. The monoisotopic (exact) mass is 219 g/mol. The molecule has 0 fully saturated rings. The quantitative estimate of drug-likeness (QED) is 0.658. The highest BCUT2D eigenvalue weighted by atomic mass is 16.3. The smallest absolute Gasteiger partial charge is 0.0992 e. The Labute approximate surface area is 95.7 Å². The second-order valence-electron chi connectivity index (χ2n) is 3.69. The maximum atomic E-state index is 9.38. The van der Waals surface area contributed by atoms with Gasteiger partial charge in [-0.25, -0.2) is 0 Å². The van der Waals surface area contributed by atoms with E-state index in [0.717, 1.165) is 12.1 Å². The third-order valence-corrected chi connectivity index (χ3v) is 2.45. The van der Waals surface area contributed by atoms with Gasteiger partial charge in [0.05, 0.1) is 29.1 Å². The van der Waals surface area contributed by atoms with Crippen LogP contribution in [0.2, 0.25) is 0 Å². The first-order chi connectivity index (χ1) is 7.67. The summed E-state index contributed by atoms with van der Waals surface area (Å²) in [5.74, 6) is 0. The molecule has 1 aromatic carbocycles. The third-order valence-electron chi connectivity index (χ3n) is 2.45. The molecule has 1 rings (SSSR count). The van der Waals surface area contributed by atoms with E-state index in [1.807, 2.05) is 6.92 Å². The minimum Gasteiger partial charge on any atom is -0.397 e. The molecule has 4 heteroatoms. The third kappa shape index (κ3) is 3.44. The van der Waals surface area contributed by atoms with Crippen LogP contribution < -0.4 is 11.1 Å². The molecule has 16 heavy (non-hydrogen) atoms. The SMILES string of the molecule is CCC(O)CCNc1cc(C#N)ccc1N. The second kappa shape index (κ2) is 5.99. The Hall–Kier alpha value is -1.73. The normalized spacial score (nSPS) is 11.8. The van der Waals surface area contributed by atoms with E-state index in [2.05, 4.69) is 11.4 Å². The Balaban J connectivity index is 2.56. The lowest BCUT2D eigenvalue weighted by Gasteiger charge is -2.11. The van der Waals surface area contributed by atoms with Gasteiger partial charge in [-0.05, 0) is 31.0 Å². The zero-order valence-electron chi connectivity index (χ0n) is 9.40. The lowest BCUT2D eigenvalue weighted by Crippen LogP contribution is -2.13. The first-order valence-electron chi connectivity index (χ1n) is 5.39. The second-order valence-corrected chi connectivity index (χ2v) is 3.69. The molecular weight excluding hydrogens is 202 g/mol. The first-order valence-corrected chi connectivity index (χ1v) is 5.39. The van der Waals surface area contributed by atoms with Crippen LogP contribution >= 0.6 is 0 Å². The lowest BCUT2D eigenvalue weighted by molar-refractivity contribution is 0.164. The van der Waals surface area contributed by atoms with Crippen LogP contribution in [0.4, 0.5) is 11.4 Å². The van der Waals surface area contributed by atoms with Crippen LogP contribution in [0.15, 0.2) is 18.2 Å². The number of hydrogen-bond acceptors (Lipinski definition) is 4. The number of aliphatic hydroxyl groups is 1. The number of aliphatic hydroxyl groups excluding tert-OH is 1. The van der Waals surface area contributed by atoms with Crippen molar-refractivity contribution in [3.63, 3.8) is 0 Å².